The van der Waals surface area contributed by atoms with Crippen molar-refractivity contribution < 1.29 is 9.59 Å². The van der Waals surface area contributed by atoms with Gasteiger partial charge in [-0.1, -0.05) is 0 Å². The van der Waals surface area contributed by atoms with Crippen molar-refractivity contribution in [2.75, 3.05) is 13.6 Å². The Bertz CT molecular complexity index is 196. The Labute approximate surface area is 78.1 Å². The lowest BCUT2D eigenvalue weighted by molar-refractivity contribution is -0.125. The molecule has 0 saturated carbocycles. The number of amides is 2. The van der Waals surface area contributed by atoms with Crippen molar-refractivity contribution in [2.45, 2.75) is 25.8 Å². The van der Waals surface area contributed by atoms with Crippen molar-refractivity contribution in [1.29, 1.82) is 0 Å². The van der Waals surface area contributed by atoms with Gasteiger partial charge in [-0.25, -0.2) is 0 Å². The first-order valence-corrected chi connectivity index (χ1v) is 4.15. The Morgan fingerprint density at radius 2 is 1.92 bits per heavy atom. The van der Waals surface area contributed by atoms with Gasteiger partial charge in [-0.2, -0.15) is 0 Å². The first-order valence-electron chi connectivity index (χ1n) is 4.15. The largest absolute Gasteiger partial charge is 0.359 e. The minimum absolute atomic E-state index is 0.102. The van der Waals surface area contributed by atoms with Crippen LogP contribution in [0.15, 0.2) is 0 Å². The number of nitrogens with one attached hydrogen (secondary N) is 2. The Morgan fingerprint density at radius 3 is 2.31 bits per heavy atom. The van der Waals surface area contributed by atoms with Crippen molar-refractivity contribution in [3.63, 3.8) is 0 Å². The average Bonchev–Trinajstić information content (AvgIpc) is 2.02. The molecule has 0 fully saturated rings. The zero-order valence-electron chi connectivity index (χ0n) is 8.31. The van der Waals surface area contributed by atoms with Gasteiger partial charge in [-0.3, -0.25) is 9.59 Å². The molecule has 0 aromatic heterocycles. The molecule has 0 radical (unpaired) electrons. The Hall–Kier alpha value is -1.10. The third kappa shape index (κ3) is 5.19. The fourth-order valence-electron chi connectivity index (χ4n) is 0.642. The number of hydrogen-bond acceptors (Lipinski definition) is 3. The second kappa shape index (κ2) is 4.81. The van der Waals surface area contributed by atoms with Gasteiger partial charge in [0.25, 0.3) is 0 Å². The van der Waals surface area contributed by atoms with Crippen LogP contribution in [0.2, 0.25) is 0 Å². The van der Waals surface area contributed by atoms with Crippen LogP contribution < -0.4 is 16.4 Å². The van der Waals surface area contributed by atoms with Gasteiger partial charge in [0.05, 0.1) is 5.54 Å². The summed E-state index contributed by atoms with van der Waals surface area (Å²) in [7, 11) is 1.55. The topological polar surface area (TPSA) is 84.2 Å². The Kier molecular flexibility index (Phi) is 4.40. The van der Waals surface area contributed by atoms with E-state index in [9.17, 15) is 9.59 Å². The monoisotopic (exact) mass is 187 g/mol. The summed E-state index contributed by atoms with van der Waals surface area (Å²) >= 11 is 0. The summed E-state index contributed by atoms with van der Waals surface area (Å²) in [6.07, 6.45) is 0.276. The van der Waals surface area contributed by atoms with Crippen LogP contribution in [-0.2, 0) is 9.59 Å². The van der Waals surface area contributed by atoms with Gasteiger partial charge in [0.1, 0.15) is 0 Å². The molecule has 0 aromatic carbocycles. The predicted octanol–water partition coefficient (Wildman–Crippen LogP) is -1.02. The van der Waals surface area contributed by atoms with Crippen molar-refractivity contribution in [3.05, 3.63) is 0 Å². The first kappa shape index (κ1) is 11.9. The molecule has 0 aromatic rings. The summed E-state index contributed by atoms with van der Waals surface area (Å²) in [6.45, 7) is 3.55. The van der Waals surface area contributed by atoms with Gasteiger partial charge >= 0.3 is 0 Å². The zero-order chi connectivity index (χ0) is 10.5. The SMILES string of the molecule is CNC(=O)CCNC(=O)C(C)(C)N. The van der Waals surface area contributed by atoms with Crippen molar-refractivity contribution in [1.82, 2.24) is 10.6 Å². The van der Waals surface area contributed by atoms with E-state index in [1.165, 1.54) is 0 Å². The van der Waals surface area contributed by atoms with E-state index < -0.39 is 5.54 Å². The lowest BCUT2D eigenvalue weighted by atomic mass is 10.1. The third-order valence-corrected chi connectivity index (χ3v) is 1.50. The van der Waals surface area contributed by atoms with Gasteiger partial charge in [0, 0.05) is 20.0 Å². The summed E-state index contributed by atoms with van der Waals surface area (Å²) < 4.78 is 0. The molecule has 0 unspecified atom stereocenters. The highest BCUT2D eigenvalue weighted by atomic mass is 16.2. The minimum Gasteiger partial charge on any atom is -0.359 e. The summed E-state index contributed by atoms with van der Waals surface area (Å²) in [5, 5.41) is 5.02. The second-order valence-corrected chi connectivity index (χ2v) is 3.40. The molecule has 0 atom stereocenters. The van der Waals surface area contributed by atoms with E-state index in [0.717, 1.165) is 0 Å². The molecular formula is C8H17N3O2. The lowest BCUT2D eigenvalue weighted by Crippen LogP contribution is -2.49. The molecule has 13 heavy (non-hydrogen) atoms. The molecule has 0 bridgehead atoms. The number of nitrogens with two attached hydrogens (primary N) is 1. The van der Waals surface area contributed by atoms with Crippen LogP contribution in [0.25, 0.3) is 0 Å². The van der Waals surface area contributed by atoms with E-state index in [4.69, 9.17) is 5.73 Å². The number of carbonyl (C=O) groups is 2. The maximum atomic E-state index is 11.2. The zero-order valence-corrected chi connectivity index (χ0v) is 8.31. The summed E-state index contributed by atoms with van der Waals surface area (Å²) in [5.41, 5.74) is 4.63. The van der Waals surface area contributed by atoms with E-state index in [1.807, 2.05) is 0 Å². The number of carbonyl (C=O) groups excluding carboxylic acids is 2. The highest BCUT2D eigenvalue weighted by molar-refractivity contribution is 5.85. The van der Waals surface area contributed by atoms with E-state index in [0.29, 0.717) is 6.54 Å². The quantitative estimate of drug-likeness (QED) is 0.526. The predicted molar refractivity (Wildman–Crippen MR) is 50.0 cm³/mol. The van der Waals surface area contributed by atoms with Crippen LogP contribution in [0.1, 0.15) is 20.3 Å². The summed E-state index contributed by atoms with van der Waals surface area (Å²) in [4.78, 5) is 21.9. The van der Waals surface area contributed by atoms with Gasteiger partial charge in [0.15, 0.2) is 0 Å². The Morgan fingerprint density at radius 1 is 1.38 bits per heavy atom. The minimum atomic E-state index is -0.886. The van der Waals surface area contributed by atoms with E-state index in [2.05, 4.69) is 10.6 Å². The highest BCUT2D eigenvalue weighted by Gasteiger charge is 2.20. The smallest absolute Gasteiger partial charge is 0.239 e. The third-order valence-electron chi connectivity index (χ3n) is 1.50. The molecule has 0 aliphatic rings. The van der Waals surface area contributed by atoms with E-state index in [1.54, 1.807) is 20.9 Å². The maximum Gasteiger partial charge on any atom is 0.239 e. The van der Waals surface area contributed by atoms with E-state index >= 15 is 0 Å². The van der Waals surface area contributed by atoms with Gasteiger partial charge in [-0.05, 0) is 13.8 Å². The van der Waals surface area contributed by atoms with E-state index in [-0.39, 0.29) is 18.2 Å². The van der Waals surface area contributed by atoms with Gasteiger partial charge in [-0.15, -0.1) is 0 Å². The molecule has 0 rings (SSSR count). The molecule has 0 spiro atoms. The highest BCUT2D eigenvalue weighted by Crippen LogP contribution is 1.95. The number of rotatable bonds is 4. The van der Waals surface area contributed by atoms with Crippen LogP contribution in [0.4, 0.5) is 0 Å². The summed E-state index contributed by atoms with van der Waals surface area (Å²) in [5.74, 6) is -0.355. The maximum absolute atomic E-state index is 11.2. The van der Waals surface area contributed by atoms with Crippen LogP contribution >= 0.6 is 0 Å². The van der Waals surface area contributed by atoms with Gasteiger partial charge < -0.3 is 16.4 Å². The molecule has 2 amide bonds. The van der Waals surface area contributed by atoms with Crippen LogP contribution in [0.3, 0.4) is 0 Å². The Balaban J connectivity index is 3.67. The summed E-state index contributed by atoms with van der Waals surface area (Å²) in [6, 6.07) is 0. The molecule has 4 N–H and O–H groups in total. The van der Waals surface area contributed by atoms with Crippen molar-refractivity contribution >= 4 is 11.8 Å². The molecule has 0 heterocycles. The molecule has 0 aliphatic carbocycles. The first-order chi connectivity index (χ1) is 5.88. The normalized spacial score (nSPS) is 10.8. The van der Waals surface area contributed by atoms with Crippen molar-refractivity contribution in [3.8, 4) is 0 Å². The van der Waals surface area contributed by atoms with Crippen LogP contribution in [0.5, 0.6) is 0 Å². The van der Waals surface area contributed by atoms with Crippen molar-refractivity contribution in [2.24, 2.45) is 5.73 Å². The molecule has 0 saturated heterocycles. The molecule has 5 heteroatoms. The van der Waals surface area contributed by atoms with Crippen LogP contribution in [-0.4, -0.2) is 30.9 Å². The standard InChI is InChI=1S/C8H17N3O2/c1-8(2,9)7(13)11-5-4-6(12)10-3/h4-5,9H2,1-3H3,(H,10,12)(H,11,13). The van der Waals surface area contributed by atoms with Crippen LogP contribution in [0, 0.1) is 0 Å². The molecule has 5 nitrogen and oxygen atoms in total. The fourth-order valence-corrected chi connectivity index (χ4v) is 0.642. The average molecular weight is 187 g/mol. The lowest BCUT2D eigenvalue weighted by Gasteiger charge is -2.17. The second-order valence-electron chi connectivity index (χ2n) is 3.40. The van der Waals surface area contributed by atoms with Gasteiger partial charge in [0.2, 0.25) is 11.8 Å². The molecule has 76 valence electrons. The number of hydrogen-bond donors (Lipinski definition) is 3. The fraction of sp³-hybridized carbons (Fsp3) is 0.750. The molecule has 0 aliphatic heterocycles. The molecular weight excluding hydrogens is 170 g/mol.